The molecule has 2 atom stereocenters. The summed E-state index contributed by atoms with van der Waals surface area (Å²) in [4.78, 5) is 8.87. The second-order valence-electron chi connectivity index (χ2n) is 2.65. The van der Waals surface area contributed by atoms with Gasteiger partial charge in [0.25, 0.3) is 0 Å². The van der Waals surface area contributed by atoms with Gasteiger partial charge in [0.15, 0.2) is 5.85 Å². The first-order valence-corrected chi connectivity index (χ1v) is 6.63. The molecule has 0 aliphatic rings. The number of hydrogen-bond acceptors (Lipinski definition) is 4. The molecule has 0 saturated carbocycles. The lowest BCUT2D eigenvalue weighted by Gasteiger charge is -2.11. The third-order valence-electron chi connectivity index (χ3n) is 1.54. The molecule has 1 aromatic carbocycles. The molecule has 2 N–H and O–H groups in total. The summed E-state index contributed by atoms with van der Waals surface area (Å²) in [5.41, 5.74) is 0.210. The van der Waals surface area contributed by atoms with E-state index < -0.39 is 24.3 Å². The monoisotopic (exact) mass is 252 g/mol. The quantitative estimate of drug-likeness (QED) is 0.611. The van der Waals surface area contributed by atoms with Gasteiger partial charge in [0.1, 0.15) is 0 Å². The molecule has 0 spiro atoms. The molecular formula is C7H9O6PS. The highest BCUT2D eigenvalue weighted by Crippen LogP contribution is 2.39. The highest BCUT2D eigenvalue weighted by atomic mass is 32.3. The zero-order valence-corrected chi connectivity index (χ0v) is 9.22. The summed E-state index contributed by atoms with van der Waals surface area (Å²) in [5.74, 6) is -1.55. The standard InChI is InChI=1S/C7H9O6PS/c8-14(9)7(13-15(10,11)12)6-4-2-1-3-5-6/h1-5,7,14H,(H,8,9)(H,10,11,12). The molecule has 0 amide bonds. The van der Waals surface area contributed by atoms with Gasteiger partial charge in [-0.1, -0.05) is 30.3 Å². The Morgan fingerprint density at radius 2 is 1.80 bits per heavy atom. The second kappa shape index (κ2) is 4.87. The fourth-order valence-corrected chi connectivity index (χ4v) is 2.51. The normalized spacial score (nSPS) is 15.9. The molecule has 0 bridgehead atoms. The molecule has 0 saturated heterocycles. The predicted octanol–water partition coefficient (Wildman–Crippen LogP) is 0.972. The molecule has 1 aromatic rings. The van der Waals surface area contributed by atoms with Crippen LogP contribution in [0, 0.1) is 0 Å². The molecule has 0 radical (unpaired) electrons. The van der Waals surface area contributed by atoms with Crippen LogP contribution in [0.3, 0.4) is 0 Å². The molecule has 1 rings (SSSR count). The van der Waals surface area contributed by atoms with Crippen LogP contribution in [0.25, 0.3) is 0 Å². The minimum atomic E-state index is -4.75. The Bertz CT molecular complexity index is 442. The van der Waals surface area contributed by atoms with Crippen LogP contribution in [0.15, 0.2) is 30.3 Å². The van der Waals surface area contributed by atoms with E-state index in [-0.39, 0.29) is 5.56 Å². The average molecular weight is 252 g/mol. The van der Waals surface area contributed by atoms with Gasteiger partial charge in [-0.2, -0.15) is 8.42 Å². The lowest BCUT2D eigenvalue weighted by molar-refractivity contribution is 0.233. The van der Waals surface area contributed by atoms with Gasteiger partial charge in [-0.3, -0.25) is 9.12 Å². The second-order valence-corrected chi connectivity index (χ2v) is 4.90. The van der Waals surface area contributed by atoms with E-state index in [2.05, 4.69) is 4.18 Å². The Morgan fingerprint density at radius 3 is 2.20 bits per heavy atom. The van der Waals surface area contributed by atoms with Crippen LogP contribution in [0.2, 0.25) is 0 Å². The maximum Gasteiger partial charge on any atom is 0.398 e. The lowest BCUT2D eigenvalue weighted by Crippen LogP contribution is -2.08. The van der Waals surface area contributed by atoms with E-state index in [4.69, 9.17) is 9.45 Å². The molecule has 0 aromatic heterocycles. The van der Waals surface area contributed by atoms with Gasteiger partial charge in [-0.15, -0.1) is 0 Å². The third kappa shape index (κ3) is 4.11. The largest absolute Gasteiger partial charge is 0.398 e. The Hall–Kier alpha value is -0.720. The van der Waals surface area contributed by atoms with Crippen molar-refractivity contribution in [1.29, 1.82) is 0 Å². The van der Waals surface area contributed by atoms with Crippen molar-refractivity contribution in [2.24, 2.45) is 0 Å². The first-order chi connectivity index (χ1) is 6.90. The molecule has 2 unspecified atom stereocenters. The summed E-state index contributed by atoms with van der Waals surface area (Å²) in [6.45, 7) is 0. The molecule has 0 aliphatic carbocycles. The zero-order chi connectivity index (χ0) is 11.5. The van der Waals surface area contributed by atoms with Crippen molar-refractivity contribution in [1.82, 2.24) is 0 Å². The summed E-state index contributed by atoms with van der Waals surface area (Å²) in [6, 6.07) is 7.62. The number of rotatable bonds is 4. The van der Waals surface area contributed by atoms with Crippen LogP contribution >= 0.6 is 8.03 Å². The van der Waals surface area contributed by atoms with E-state index >= 15 is 0 Å². The van der Waals surface area contributed by atoms with Crippen molar-refractivity contribution in [2.75, 3.05) is 0 Å². The summed E-state index contributed by atoms with van der Waals surface area (Å²) in [5, 5.41) is 0. The predicted molar refractivity (Wildman–Crippen MR) is 53.0 cm³/mol. The van der Waals surface area contributed by atoms with Gasteiger partial charge in [0, 0.05) is 0 Å². The molecule has 0 aliphatic heterocycles. The van der Waals surface area contributed by atoms with E-state index in [1.54, 1.807) is 18.2 Å². The summed E-state index contributed by atoms with van der Waals surface area (Å²) in [7, 11) is -8.02. The molecule has 0 fully saturated rings. The van der Waals surface area contributed by atoms with Crippen LogP contribution < -0.4 is 0 Å². The van der Waals surface area contributed by atoms with Crippen LogP contribution in [0.5, 0.6) is 0 Å². The average Bonchev–Trinajstić information content (AvgIpc) is 2.14. The van der Waals surface area contributed by atoms with Gasteiger partial charge in [-0.05, 0) is 5.56 Å². The van der Waals surface area contributed by atoms with E-state index in [1.807, 2.05) is 0 Å². The SMILES string of the molecule is O=[PH](O)C(OS(=O)(=O)O)c1ccccc1. The fraction of sp³-hybridized carbons (Fsp3) is 0.143. The molecule has 84 valence electrons. The smallest absolute Gasteiger partial charge is 0.344 e. The van der Waals surface area contributed by atoms with Crippen molar-refractivity contribution in [3.8, 4) is 0 Å². The van der Waals surface area contributed by atoms with Crippen LogP contribution in [0.1, 0.15) is 11.4 Å². The highest BCUT2D eigenvalue weighted by Gasteiger charge is 2.23. The van der Waals surface area contributed by atoms with Gasteiger partial charge in [0.05, 0.1) is 0 Å². The van der Waals surface area contributed by atoms with Gasteiger partial charge >= 0.3 is 10.4 Å². The first-order valence-electron chi connectivity index (χ1n) is 3.83. The van der Waals surface area contributed by atoms with Crippen molar-refractivity contribution in [3.05, 3.63) is 35.9 Å². The van der Waals surface area contributed by atoms with Crippen molar-refractivity contribution in [2.45, 2.75) is 5.85 Å². The first kappa shape index (κ1) is 12.4. The summed E-state index contributed by atoms with van der Waals surface area (Å²) >= 11 is 0. The molecule has 0 heterocycles. The molecule has 15 heavy (non-hydrogen) atoms. The van der Waals surface area contributed by atoms with E-state index in [9.17, 15) is 13.0 Å². The zero-order valence-electron chi connectivity index (χ0n) is 7.40. The number of hydrogen-bond donors (Lipinski definition) is 2. The minimum absolute atomic E-state index is 0.210. The van der Waals surface area contributed by atoms with E-state index in [0.29, 0.717) is 0 Å². The van der Waals surface area contributed by atoms with Crippen LogP contribution in [0.4, 0.5) is 0 Å². The third-order valence-corrected chi connectivity index (χ3v) is 3.05. The summed E-state index contributed by atoms with van der Waals surface area (Å²) < 4.78 is 44.2. The maximum atomic E-state index is 10.9. The van der Waals surface area contributed by atoms with Crippen LogP contribution in [-0.2, 0) is 19.1 Å². The number of benzene rings is 1. The van der Waals surface area contributed by atoms with Gasteiger partial charge < -0.3 is 4.89 Å². The van der Waals surface area contributed by atoms with Gasteiger partial charge in [0.2, 0.25) is 8.03 Å². The fourth-order valence-electron chi connectivity index (χ4n) is 0.989. The van der Waals surface area contributed by atoms with Crippen LogP contribution in [-0.4, -0.2) is 17.9 Å². The molecular weight excluding hydrogens is 243 g/mol. The Balaban J connectivity index is 3.00. The minimum Gasteiger partial charge on any atom is -0.344 e. The van der Waals surface area contributed by atoms with Crippen molar-refractivity contribution < 1.29 is 26.6 Å². The summed E-state index contributed by atoms with van der Waals surface area (Å²) in [6.07, 6.45) is 0. The van der Waals surface area contributed by atoms with Crippen molar-refractivity contribution >= 4 is 18.4 Å². The van der Waals surface area contributed by atoms with E-state index in [1.165, 1.54) is 12.1 Å². The van der Waals surface area contributed by atoms with Gasteiger partial charge in [-0.25, -0.2) is 4.18 Å². The van der Waals surface area contributed by atoms with Crippen molar-refractivity contribution in [3.63, 3.8) is 0 Å². The Labute approximate surface area is 87.3 Å². The molecule has 8 heteroatoms. The van der Waals surface area contributed by atoms with E-state index in [0.717, 1.165) is 0 Å². The maximum absolute atomic E-state index is 10.9. The lowest BCUT2D eigenvalue weighted by atomic mass is 10.2. The Kier molecular flexibility index (Phi) is 4.01. The highest BCUT2D eigenvalue weighted by molar-refractivity contribution is 7.81. The Morgan fingerprint density at radius 1 is 1.27 bits per heavy atom. The molecule has 6 nitrogen and oxygen atoms in total. The topological polar surface area (TPSA) is 101 Å².